The largest absolute Gasteiger partial charge is 0.166 e. The van der Waals surface area contributed by atoms with E-state index in [1.165, 1.54) is 0 Å². The summed E-state index contributed by atoms with van der Waals surface area (Å²) in [5, 5.41) is 0. The molecule has 0 atom stereocenters. The van der Waals surface area contributed by atoms with Crippen LogP contribution in [-0.4, -0.2) is 24.4 Å². The molecule has 0 aromatic carbocycles. The molecule has 0 unspecified atom stereocenters. The second kappa shape index (κ2) is 17.4. The van der Waals surface area contributed by atoms with E-state index in [1.54, 1.807) is 0 Å². The Morgan fingerprint density at radius 1 is 1.20 bits per heavy atom. The van der Waals surface area contributed by atoms with E-state index in [0.717, 1.165) is 0 Å². The van der Waals surface area contributed by atoms with Crippen LogP contribution in [0.1, 0.15) is 0 Å². The van der Waals surface area contributed by atoms with Crippen LogP contribution in [0.4, 0.5) is 0 Å². The fourth-order valence-corrected chi connectivity index (χ4v) is 0. The summed E-state index contributed by atoms with van der Waals surface area (Å²) in [6.45, 7) is 0. The Morgan fingerprint density at radius 3 is 1.20 bits per heavy atom. The van der Waals surface area contributed by atoms with Crippen molar-refractivity contribution in [3.63, 3.8) is 0 Å². The smallest absolute Gasteiger partial charge is 0.0832 e. The van der Waals surface area contributed by atoms with Crippen LogP contribution in [0.2, 0.25) is 0 Å². The molecule has 0 spiro atoms. The number of hydrogen-bond donors (Lipinski definition) is 0. The average Bonchev–Trinajstić information content (AvgIpc) is 0.918. The third kappa shape index (κ3) is 27.7. The van der Waals surface area contributed by atoms with Crippen molar-refractivity contribution < 1.29 is 3.84 Å². The maximum absolute atomic E-state index is 4.26. The molecule has 0 saturated heterocycles. The number of halogens is 3. The molecule has 5 heavy (non-hydrogen) atoms. The van der Waals surface area contributed by atoms with E-state index in [2.05, 4.69) is 27.6 Å². The Labute approximate surface area is 64.2 Å². The van der Waals surface area contributed by atoms with Crippen molar-refractivity contribution in [2.75, 3.05) is 0 Å². The van der Waals surface area contributed by atoms with Gasteiger partial charge in [-0.25, -0.2) is 0 Å². The van der Waals surface area contributed by atoms with Crippen LogP contribution >= 0.6 is 36.1 Å². The molecule has 0 aliphatic rings. The molecule has 0 saturated carbocycles. The maximum Gasteiger partial charge on any atom is 0.0832 e. The van der Waals surface area contributed by atoms with Crippen molar-refractivity contribution >= 4 is 60.6 Å². The van der Waals surface area contributed by atoms with E-state index in [0.29, 0.717) is 0 Å². The molecule has 0 aliphatic carbocycles. The quantitative estimate of drug-likeness (QED) is 0.585. The Morgan fingerprint density at radius 2 is 1.20 bits per heavy atom. The van der Waals surface area contributed by atoms with Crippen molar-refractivity contribution in [2.45, 2.75) is 0 Å². The molecule has 0 fully saturated rings. The summed E-state index contributed by atoms with van der Waals surface area (Å²) in [6, 6.07) is 0. The summed E-state index contributed by atoms with van der Waals surface area (Å²) in [7, 11) is 0. The predicted octanol–water partition coefficient (Wildman–Crippen LogP) is 1.35. The number of hydrogen-bond acceptors (Lipinski definition) is 1. The summed E-state index contributed by atoms with van der Waals surface area (Å²) in [4.78, 5) is 0. The van der Waals surface area contributed by atoms with Crippen molar-refractivity contribution in [1.29, 1.82) is 0 Å². The molecule has 3 radical (unpaired) electrons. The molecular weight excluding hydrogens is 244 g/mol. The molecule has 0 bridgehead atoms. The molecule has 0 amide bonds. The first-order valence-electron chi connectivity index (χ1n) is 0.309. The van der Waals surface area contributed by atoms with Gasteiger partial charge in [0.2, 0.25) is 0 Å². The van der Waals surface area contributed by atoms with Gasteiger partial charge in [0.15, 0.2) is 0 Å². The van der Waals surface area contributed by atoms with Crippen molar-refractivity contribution in [2.24, 2.45) is 0 Å². The first kappa shape index (κ1) is 15.9. The predicted molar refractivity (Wildman–Crippen MR) is 25.8 cm³/mol. The minimum atomic E-state index is 0. The van der Waals surface area contributed by atoms with Crippen LogP contribution in [-0.2, 0) is 3.84 Å². The Hall–Kier alpha value is 1.65. The van der Waals surface area contributed by atoms with Gasteiger partial charge < -0.3 is 0 Å². The number of rotatable bonds is 0. The normalized spacial score (nSPS) is 3.60. The monoisotopic (exact) mass is 243 g/mol. The van der Waals surface area contributed by atoms with Gasteiger partial charge in [-0.05, 0) is 0 Å². The molecule has 5 heteroatoms. The molecule has 0 N–H and O–H groups in total. The van der Waals surface area contributed by atoms with Crippen LogP contribution < -0.4 is 0 Å². The Bertz CT molecular complexity index is 6.85. The van der Waals surface area contributed by atoms with Gasteiger partial charge in [0, 0.05) is 24.4 Å². The van der Waals surface area contributed by atoms with Gasteiger partial charge in [0.25, 0.3) is 0 Å². The average molecular weight is 245 g/mol. The Kier molecular flexibility index (Phi) is 55.5. The fourth-order valence-electron chi connectivity index (χ4n) is 0. The molecule has 0 heterocycles. The topological polar surface area (TPSA) is 9.23 Å². The van der Waals surface area contributed by atoms with E-state index < -0.39 is 0 Å². The summed E-state index contributed by atoms with van der Waals surface area (Å²) in [5.74, 6) is 0. The fraction of sp³-hybridized carbons (Fsp3) is 0. The zero-order valence-corrected chi connectivity index (χ0v) is 6.90. The SMILES string of the molecule is Cl.ClOCl.[Sb]. The minimum Gasteiger partial charge on any atom is -0.166 e. The second-order valence-corrected chi connectivity index (χ2v) is 0.525. The summed E-state index contributed by atoms with van der Waals surface area (Å²) >= 11 is 8.53. The molecule has 1 nitrogen and oxygen atoms in total. The molecule has 0 aromatic heterocycles. The van der Waals surface area contributed by atoms with Gasteiger partial charge in [-0.1, -0.05) is 0 Å². The zero-order valence-electron chi connectivity index (χ0n) is 2.02. The van der Waals surface area contributed by atoms with Crippen molar-refractivity contribution in [3.8, 4) is 0 Å². The third-order valence-corrected chi connectivity index (χ3v) is 0. The summed E-state index contributed by atoms with van der Waals surface area (Å²) in [5.41, 5.74) is 0. The summed E-state index contributed by atoms with van der Waals surface area (Å²) < 4.78 is 3.19. The molecular formula is HCl3OSb. The van der Waals surface area contributed by atoms with Gasteiger partial charge in [-0.15, -0.1) is 12.4 Å². The van der Waals surface area contributed by atoms with Crippen LogP contribution in [0.15, 0.2) is 0 Å². The first-order valence-corrected chi connectivity index (χ1v) is 0.926. The van der Waals surface area contributed by atoms with Crippen LogP contribution in [0.5, 0.6) is 0 Å². The van der Waals surface area contributed by atoms with E-state index in [1.807, 2.05) is 0 Å². The van der Waals surface area contributed by atoms with E-state index in [-0.39, 0.29) is 36.8 Å². The first-order chi connectivity index (χ1) is 1.41. The third-order valence-electron chi connectivity index (χ3n) is 0. The minimum absolute atomic E-state index is 0. The van der Waals surface area contributed by atoms with Crippen molar-refractivity contribution in [1.82, 2.24) is 0 Å². The standard InChI is InChI=1S/Cl2O.ClH.Sb/c1-3-2;;/h;1H;. The molecule has 0 rings (SSSR count). The summed E-state index contributed by atoms with van der Waals surface area (Å²) in [6.07, 6.45) is 0. The Balaban J connectivity index is -0.0000000200. The zero-order chi connectivity index (χ0) is 2.71. The van der Waals surface area contributed by atoms with Crippen LogP contribution in [0.3, 0.4) is 0 Å². The van der Waals surface area contributed by atoms with Crippen LogP contribution in [0.25, 0.3) is 0 Å². The molecule has 0 aliphatic heterocycles. The van der Waals surface area contributed by atoms with Gasteiger partial charge >= 0.3 is 0 Å². The second-order valence-electron chi connectivity index (χ2n) is 0.0583. The van der Waals surface area contributed by atoms with E-state index in [9.17, 15) is 0 Å². The molecule has 0 aromatic rings. The van der Waals surface area contributed by atoms with Gasteiger partial charge in [0.1, 0.15) is 0 Å². The maximum atomic E-state index is 4.26. The van der Waals surface area contributed by atoms with Crippen molar-refractivity contribution in [3.05, 3.63) is 0 Å². The van der Waals surface area contributed by atoms with Gasteiger partial charge in [-0.3, -0.25) is 0 Å². The molecule has 33 valence electrons. The van der Waals surface area contributed by atoms with E-state index >= 15 is 0 Å². The van der Waals surface area contributed by atoms with Gasteiger partial charge in [-0.2, -0.15) is 3.84 Å². The van der Waals surface area contributed by atoms with E-state index in [4.69, 9.17) is 0 Å². The van der Waals surface area contributed by atoms with Crippen LogP contribution in [0, 0.1) is 0 Å². The van der Waals surface area contributed by atoms with Gasteiger partial charge in [0.05, 0.1) is 23.7 Å².